The minimum Gasteiger partial charge on any atom is -0.480 e. The van der Waals surface area contributed by atoms with Gasteiger partial charge < -0.3 is 93.1 Å². The quantitative estimate of drug-likeness (QED) is 0.0119. The summed E-state index contributed by atoms with van der Waals surface area (Å²) in [5, 5.41) is 32.7. The lowest BCUT2D eigenvalue weighted by Gasteiger charge is -2.28. The summed E-state index contributed by atoms with van der Waals surface area (Å²) in [5.41, 5.74) is 38.9. The van der Waals surface area contributed by atoms with Crippen LogP contribution in [0.1, 0.15) is 120 Å². The normalized spacial score (nSPS) is 14.4. The number of nitrogens with one attached hydrogen (secondary N) is 9. The number of aliphatic imine (C=N–C) groups is 3. The van der Waals surface area contributed by atoms with Crippen LogP contribution in [0.5, 0.6) is 0 Å². The Labute approximate surface area is 491 Å². The number of rotatable bonds is 41. The highest BCUT2D eigenvalue weighted by atomic mass is 32.1. The van der Waals surface area contributed by atoms with E-state index >= 15 is 0 Å². The molecule has 0 aromatic carbocycles. The highest BCUT2D eigenvalue weighted by Crippen LogP contribution is 2.13. The van der Waals surface area contributed by atoms with Gasteiger partial charge in [0.1, 0.15) is 48.3 Å². The van der Waals surface area contributed by atoms with Crippen molar-refractivity contribution in [1.82, 2.24) is 47.9 Å². The first-order valence-corrected chi connectivity index (χ1v) is 28.6. The molecule has 82 heavy (non-hydrogen) atoms. The molecule has 0 saturated heterocycles. The number of hydrogen-bond donors (Lipinski definition) is 19. The van der Waals surface area contributed by atoms with E-state index < -0.39 is 120 Å². The third-order valence-corrected chi connectivity index (χ3v) is 12.6. The third-order valence-electron chi connectivity index (χ3n) is 11.9. The van der Waals surface area contributed by atoms with Crippen molar-refractivity contribution in [1.29, 1.82) is 0 Å². The molecule has 32 heteroatoms. The van der Waals surface area contributed by atoms with Gasteiger partial charge in [0, 0.05) is 31.1 Å². The summed E-state index contributed by atoms with van der Waals surface area (Å²) in [6.45, 7) is 14.1. The van der Waals surface area contributed by atoms with Gasteiger partial charge >= 0.3 is 5.97 Å². The van der Waals surface area contributed by atoms with E-state index in [1.54, 1.807) is 55.4 Å². The van der Waals surface area contributed by atoms with E-state index in [-0.39, 0.29) is 130 Å². The van der Waals surface area contributed by atoms with Crippen LogP contribution in [0.4, 0.5) is 0 Å². The number of carboxylic acids is 1. The Morgan fingerprint density at radius 3 is 1.00 bits per heavy atom. The predicted octanol–water partition coefficient (Wildman–Crippen LogP) is -4.40. The number of aliphatic carboxylic acids is 1. The Balaban J connectivity index is 6.52. The van der Waals surface area contributed by atoms with Crippen molar-refractivity contribution in [3.05, 3.63) is 0 Å². The molecule has 0 aromatic heterocycles. The molecular formula is C50H95N19O11S2. The maximum atomic E-state index is 14.3. The Morgan fingerprint density at radius 1 is 0.390 bits per heavy atom. The third kappa shape index (κ3) is 33.2. The molecule has 0 aliphatic heterocycles. The largest absolute Gasteiger partial charge is 0.480 e. The average Bonchev–Trinajstić information content (AvgIpc) is 3.38. The molecule has 9 atom stereocenters. The predicted molar refractivity (Wildman–Crippen MR) is 319 cm³/mol. The van der Waals surface area contributed by atoms with Gasteiger partial charge in [0.05, 0.1) is 12.6 Å². The van der Waals surface area contributed by atoms with Crippen LogP contribution < -0.4 is 88.0 Å². The summed E-state index contributed by atoms with van der Waals surface area (Å²) in [5.74, 6) is -9.91. The molecule has 0 aromatic rings. The Bertz CT molecular complexity index is 2170. The summed E-state index contributed by atoms with van der Waals surface area (Å²) >= 11 is 8.52. The standard InChI is InChI=1S/C50H95N19O11S2/c1-25(2)18-32(40(72)61-22-38(70)62-35(47(79)80)21-28(7)8)65-45(77)36(23-81)69-46(78)37(24-82)68-44(76)34(20-27(5)6)67-43(75)33(19-26(3)4)66-42(74)31(14-11-17-60-50(56)57)64-41(73)30(13-10-16-59-49(54)55)63-39(71)29(51)12-9-15-58-48(52)53/h25-37,81-82H,9-24,51H2,1-8H3,(H,61,72)(H,62,70)(H,63,71)(H,64,73)(H,65,77)(H,66,74)(H,67,75)(H,68,76)(H,69,78)(H,79,80)(H4,52,53,58)(H4,54,55,59)(H4,56,57,60)/t29-,30-,31-,32-,33-,34-,35-,36-,37-/m0/s1. The lowest BCUT2D eigenvalue weighted by Crippen LogP contribution is -2.61. The van der Waals surface area contributed by atoms with Crippen LogP contribution >= 0.6 is 25.3 Å². The lowest BCUT2D eigenvalue weighted by atomic mass is 9.99. The minimum absolute atomic E-state index is 0.0122. The smallest absolute Gasteiger partial charge is 0.326 e. The van der Waals surface area contributed by atoms with E-state index in [2.05, 4.69) is 88.1 Å². The van der Waals surface area contributed by atoms with Gasteiger partial charge in [-0.25, -0.2) is 4.79 Å². The zero-order valence-corrected chi connectivity index (χ0v) is 50.4. The molecule has 0 spiro atoms. The van der Waals surface area contributed by atoms with Gasteiger partial charge in [-0.15, -0.1) is 0 Å². The summed E-state index contributed by atoms with van der Waals surface area (Å²) in [6.07, 6.45) is 1.26. The van der Waals surface area contributed by atoms with Gasteiger partial charge in [0.25, 0.3) is 0 Å². The van der Waals surface area contributed by atoms with Crippen molar-refractivity contribution >= 4 is 102 Å². The molecule has 0 rings (SSSR count). The Morgan fingerprint density at radius 2 is 0.671 bits per heavy atom. The van der Waals surface area contributed by atoms with E-state index in [4.69, 9.17) is 40.1 Å². The van der Waals surface area contributed by atoms with Crippen LogP contribution in [-0.4, -0.2) is 174 Å². The van der Waals surface area contributed by atoms with Crippen molar-refractivity contribution in [3.63, 3.8) is 0 Å². The molecule has 24 N–H and O–H groups in total. The molecule has 0 aliphatic carbocycles. The summed E-state index contributed by atoms with van der Waals surface area (Å²) in [7, 11) is 0. The number of amides is 9. The molecule has 468 valence electrons. The SMILES string of the molecule is CC(C)C[C@H](NC(=O)CNC(=O)[C@H](CC(C)C)NC(=O)[C@H](CS)NC(=O)[C@H](CS)NC(=O)[C@H](CC(C)C)NC(=O)[C@H](CC(C)C)NC(=O)[C@H](CCCN=C(N)N)NC(=O)[C@H](CCCN=C(N)N)NC(=O)[C@@H](N)CCCN=C(N)N)C(=O)O. The fourth-order valence-electron chi connectivity index (χ4n) is 7.83. The van der Waals surface area contributed by atoms with E-state index in [0.29, 0.717) is 6.42 Å². The molecule has 0 unspecified atom stereocenters. The second-order valence-corrected chi connectivity index (χ2v) is 22.2. The first-order chi connectivity index (χ1) is 38.3. The lowest BCUT2D eigenvalue weighted by molar-refractivity contribution is -0.142. The number of nitrogens with zero attached hydrogens (tertiary/aromatic N) is 3. The highest BCUT2D eigenvalue weighted by Gasteiger charge is 2.35. The van der Waals surface area contributed by atoms with Crippen molar-refractivity contribution in [2.24, 2.45) is 78.8 Å². The van der Waals surface area contributed by atoms with Crippen LogP contribution in [0.2, 0.25) is 0 Å². The number of guanidine groups is 3. The van der Waals surface area contributed by atoms with Gasteiger partial charge in [0.2, 0.25) is 53.2 Å². The maximum Gasteiger partial charge on any atom is 0.326 e. The van der Waals surface area contributed by atoms with E-state index in [9.17, 15) is 53.1 Å². The summed E-state index contributed by atoms with van der Waals surface area (Å²) in [4.78, 5) is 147. The summed E-state index contributed by atoms with van der Waals surface area (Å²) < 4.78 is 0. The van der Waals surface area contributed by atoms with Gasteiger partial charge in [-0.05, 0) is 87.9 Å². The molecule has 0 heterocycles. The maximum absolute atomic E-state index is 14.3. The molecule has 9 amide bonds. The molecule has 0 fully saturated rings. The zero-order valence-electron chi connectivity index (χ0n) is 48.6. The van der Waals surface area contributed by atoms with Crippen molar-refractivity contribution < 1.29 is 53.1 Å². The number of carboxylic acid groups (broad SMARTS) is 1. The first kappa shape index (κ1) is 75.2. The van der Waals surface area contributed by atoms with Crippen LogP contribution in [0.3, 0.4) is 0 Å². The number of nitrogens with two attached hydrogens (primary N) is 7. The molecule has 0 bridgehead atoms. The van der Waals surface area contributed by atoms with Gasteiger partial charge in [-0.1, -0.05) is 55.4 Å². The fourth-order valence-corrected chi connectivity index (χ4v) is 8.35. The minimum atomic E-state index is -1.38. The number of carbonyl (C=O) groups is 10. The van der Waals surface area contributed by atoms with Crippen LogP contribution in [-0.2, 0) is 47.9 Å². The van der Waals surface area contributed by atoms with E-state index in [1.807, 2.05) is 0 Å². The second-order valence-electron chi connectivity index (χ2n) is 21.4. The Hall–Kier alpha value is -6.83. The monoisotopic (exact) mass is 1200 g/mol. The highest BCUT2D eigenvalue weighted by molar-refractivity contribution is 7.80. The molecule has 0 saturated carbocycles. The topological polar surface area (TPSA) is 518 Å². The molecule has 30 nitrogen and oxygen atoms in total. The second kappa shape index (κ2) is 40.4. The van der Waals surface area contributed by atoms with E-state index in [0.717, 1.165) is 0 Å². The average molecular weight is 1200 g/mol. The first-order valence-electron chi connectivity index (χ1n) is 27.4. The molecule has 0 radical (unpaired) electrons. The van der Waals surface area contributed by atoms with Crippen molar-refractivity contribution in [2.45, 2.75) is 174 Å². The molecular weight excluding hydrogens is 1110 g/mol. The van der Waals surface area contributed by atoms with Crippen LogP contribution in [0.25, 0.3) is 0 Å². The fraction of sp³-hybridized carbons (Fsp3) is 0.740. The van der Waals surface area contributed by atoms with Gasteiger partial charge in [-0.2, -0.15) is 25.3 Å². The summed E-state index contributed by atoms with van der Waals surface area (Å²) in [6, 6.07) is -11.3. The van der Waals surface area contributed by atoms with Crippen molar-refractivity contribution in [3.8, 4) is 0 Å². The Kier molecular flexibility index (Phi) is 37.0. The van der Waals surface area contributed by atoms with Crippen molar-refractivity contribution in [2.75, 3.05) is 37.7 Å². The zero-order chi connectivity index (χ0) is 62.8. The van der Waals surface area contributed by atoms with Gasteiger partial charge in [-0.3, -0.25) is 58.1 Å². The van der Waals surface area contributed by atoms with Crippen LogP contribution in [0, 0.1) is 23.7 Å². The number of thiol groups is 2. The van der Waals surface area contributed by atoms with Gasteiger partial charge in [0.15, 0.2) is 17.9 Å². The number of hydrogen-bond acceptors (Lipinski definition) is 16. The number of carbonyl (C=O) groups excluding carboxylic acids is 9. The van der Waals surface area contributed by atoms with E-state index in [1.165, 1.54) is 0 Å². The molecule has 0 aliphatic rings. The van der Waals surface area contributed by atoms with Crippen LogP contribution in [0.15, 0.2) is 15.0 Å².